The molecule has 4 nitrogen and oxygen atoms in total. The predicted octanol–water partition coefficient (Wildman–Crippen LogP) is 5.95. The van der Waals surface area contributed by atoms with Crippen LogP contribution in [-0.4, -0.2) is 13.5 Å². The highest BCUT2D eigenvalue weighted by molar-refractivity contribution is 5.56. The molecule has 0 saturated carbocycles. The van der Waals surface area contributed by atoms with Gasteiger partial charge in [0.15, 0.2) is 13.5 Å². The molecule has 6 rings (SSSR count). The number of hydrogen-bond acceptors (Lipinski definition) is 4. The van der Waals surface area contributed by atoms with Gasteiger partial charge in [-0.15, -0.1) is 12.8 Å². The minimum Gasteiger partial charge on any atom is -0.473 e. The van der Waals surface area contributed by atoms with Crippen LogP contribution in [0.4, 0.5) is 11.4 Å². The third-order valence-corrected chi connectivity index (χ3v) is 6.89. The lowest BCUT2D eigenvalue weighted by atomic mass is 9.99. The molecule has 180 valence electrons. The van der Waals surface area contributed by atoms with Gasteiger partial charge in [-0.05, 0) is 78.2 Å². The Morgan fingerprint density at radius 1 is 0.622 bits per heavy atom. The summed E-state index contributed by atoms with van der Waals surface area (Å²) < 4.78 is 12.1. The molecule has 0 bridgehead atoms. The van der Waals surface area contributed by atoms with Crippen LogP contribution < -0.4 is 19.3 Å². The van der Waals surface area contributed by atoms with Crippen molar-refractivity contribution in [2.24, 2.45) is 0 Å². The number of benzene rings is 4. The van der Waals surface area contributed by atoms with Crippen molar-refractivity contribution in [3.8, 4) is 36.2 Å². The summed E-state index contributed by atoms with van der Waals surface area (Å²) in [5.74, 6) is 7.31. The molecule has 0 amide bonds. The maximum absolute atomic E-state index is 6.05. The highest BCUT2D eigenvalue weighted by Gasteiger charge is 2.20. The summed E-state index contributed by atoms with van der Waals surface area (Å²) in [5, 5.41) is 0. The van der Waals surface area contributed by atoms with Crippen molar-refractivity contribution < 1.29 is 9.47 Å². The summed E-state index contributed by atoms with van der Waals surface area (Å²) in [6.45, 7) is 2.57. The first-order valence-electron chi connectivity index (χ1n) is 12.3. The van der Waals surface area contributed by atoms with E-state index in [1.54, 1.807) is 0 Å². The number of terminal acetylenes is 2. The van der Waals surface area contributed by atoms with Crippen molar-refractivity contribution in [1.29, 1.82) is 0 Å². The largest absolute Gasteiger partial charge is 0.473 e. The van der Waals surface area contributed by atoms with Crippen molar-refractivity contribution in [3.05, 3.63) is 118 Å². The minimum absolute atomic E-state index is 0.506. The standard InChI is InChI=1S/C33H26N2O2/c1-3-24-7-5-9-30(18-24)34-20-28-16-26(11-13-32(28)36-22-34)15-27-12-14-33-29(17-27)21-35(23-37-33)31-10-6-8-25(4-2)19-31/h1-2,5-14,16-19H,15,20-23H2. The summed E-state index contributed by atoms with van der Waals surface area (Å²) in [4.78, 5) is 4.40. The number of ether oxygens (including phenoxy) is 2. The fraction of sp³-hybridized carbons (Fsp3) is 0.152. The molecule has 0 N–H and O–H groups in total. The van der Waals surface area contributed by atoms with Gasteiger partial charge in [0.25, 0.3) is 0 Å². The van der Waals surface area contributed by atoms with Gasteiger partial charge in [-0.25, -0.2) is 0 Å². The smallest absolute Gasteiger partial charge is 0.161 e. The molecule has 37 heavy (non-hydrogen) atoms. The van der Waals surface area contributed by atoms with Crippen LogP contribution in [0.1, 0.15) is 33.4 Å². The van der Waals surface area contributed by atoms with Crippen LogP contribution in [-0.2, 0) is 19.5 Å². The fourth-order valence-corrected chi connectivity index (χ4v) is 4.96. The van der Waals surface area contributed by atoms with Crippen LogP contribution in [0.25, 0.3) is 0 Å². The summed E-state index contributed by atoms with van der Waals surface area (Å²) in [6.07, 6.45) is 12.0. The first-order valence-corrected chi connectivity index (χ1v) is 12.3. The Kier molecular flexibility index (Phi) is 5.93. The van der Waals surface area contributed by atoms with Gasteiger partial charge in [-0.2, -0.15) is 0 Å². The van der Waals surface area contributed by atoms with E-state index < -0.39 is 0 Å². The van der Waals surface area contributed by atoms with Crippen LogP contribution in [0.2, 0.25) is 0 Å². The Bertz CT molecular complexity index is 1440. The Labute approximate surface area is 218 Å². The Hall–Kier alpha value is -4.80. The molecule has 2 aliphatic heterocycles. The monoisotopic (exact) mass is 482 g/mol. The lowest BCUT2D eigenvalue weighted by Crippen LogP contribution is -2.32. The third-order valence-electron chi connectivity index (χ3n) is 6.89. The minimum atomic E-state index is 0.506. The van der Waals surface area contributed by atoms with E-state index in [0.717, 1.165) is 53.5 Å². The summed E-state index contributed by atoms with van der Waals surface area (Å²) in [6, 6.07) is 29.0. The topological polar surface area (TPSA) is 24.9 Å². The molecule has 0 unspecified atom stereocenters. The van der Waals surface area contributed by atoms with Crippen LogP contribution in [0.5, 0.6) is 11.5 Å². The maximum atomic E-state index is 6.05. The lowest BCUT2D eigenvalue weighted by Gasteiger charge is -2.31. The Morgan fingerprint density at radius 3 is 1.57 bits per heavy atom. The summed E-state index contributed by atoms with van der Waals surface area (Å²) in [5.41, 5.74) is 8.73. The fourth-order valence-electron chi connectivity index (χ4n) is 4.96. The highest BCUT2D eigenvalue weighted by Crippen LogP contribution is 2.32. The first-order chi connectivity index (χ1) is 18.2. The number of nitrogens with zero attached hydrogens (tertiary/aromatic N) is 2. The van der Waals surface area contributed by atoms with Crippen LogP contribution >= 0.6 is 0 Å². The van der Waals surface area contributed by atoms with Gasteiger partial charge in [0.1, 0.15) is 11.5 Å². The summed E-state index contributed by atoms with van der Waals surface area (Å²) in [7, 11) is 0. The molecule has 0 spiro atoms. The summed E-state index contributed by atoms with van der Waals surface area (Å²) >= 11 is 0. The number of fused-ring (bicyclic) bond motifs is 2. The van der Waals surface area contributed by atoms with Crippen molar-refractivity contribution >= 4 is 11.4 Å². The van der Waals surface area contributed by atoms with Crippen molar-refractivity contribution in [3.63, 3.8) is 0 Å². The van der Waals surface area contributed by atoms with Crippen LogP contribution in [0.3, 0.4) is 0 Å². The van der Waals surface area contributed by atoms with Crippen LogP contribution in [0, 0.1) is 24.7 Å². The molecular weight excluding hydrogens is 456 g/mol. The molecule has 4 heteroatoms. The lowest BCUT2D eigenvalue weighted by molar-refractivity contribution is 0.289. The Morgan fingerprint density at radius 2 is 1.11 bits per heavy atom. The molecule has 2 aliphatic rings. The first kappa shape index (κ1) is 22.7. The molecule has 0 aliphatic carbocycles. The third kappa shape index (κ3) is 4.70. The average molecular weight is 483 g/mol. The maximum Gasteiger partial charge on any atom is 0.161 e. The van der Waals surface area contributed by atoms with Gasteiger partial charge in [-0.1, -0.05) is 36.1 Å². The second-order valence-corrected chi connectivity index (χ2v) is 9.39. The van der Waals surface area contributed by atoms with Gasteiger partial charge < -0.3 is 19.3 Å². The predicted molar refractivity (Wildman–Crippen MR) is 148 cm³/mol. The van der Waals surface area contributed by atoms with E-state index in [2.05, 4.69) is 70.2 Å². The second-order valence-electron chi connectivity index (χ2n) is 9.39. The van der Waals surface area contributed by atoms with Gasteiger partial charge >= 0.3 is 0 Å². The second kappa shape index (κ2) is 9.69. The number of rotatable bonds is 4. The zero-order chi connectivity index (χ0) is 25.2. The van der Waals surface area contributed by atoms with Crippen molar-refractivity contribution in [1.82, 2.24) is 0 Å². The molecule has 0 saturated heterocycles. The van der Waals surface area contributed by atoms with Gasteiger partial charge in [0.05, 0.1) is 0 Å². The molecule has 4 aromatic carbocycles. The number of hydrogen-bond donors (Lipinski definition) is 0. The van der Waals surface area contributed by atoms with E-state index in [4.69, 9.17) is 22.3 Å². The molecular formula is C33H26N2O2. The zero-order valence-electron chi connectivity index (χ0n) is 20.5. The van der Waals surface area contributed by atoms with E-state index in [-0.39, 0.29) is 0 Å². The number of anilines is 2. The average Bonchev–Trinajstić information content (AvgIpc) is 2.96. The normalized spacial score (nSPS) is 13.9. The zero-order valence-corrected chi connectivity index (χ0v) is 20.5. The van der Waals surface area contributed by atoms with E-state index in [0.29, 0.717) is 13.5 Å². The molecule has 4 aromatic rings. The molecule has 0 aromatic heterocycles. The van der Waals surface area contributed by atoms with E-state index >= 15 is 0 Å². The molecule has 0 radical (unpaired) electrons. The Balaban J connectivity index is 1.19. The van der Waals surface area contributed by atoms with E-state index in [1.807, 2.05) is 36.4 Å². The van der Waals surface area contributed by atoms with Gasteiger partial charge in [-0.3, -0.25) is 0 Å². The van der Waals surface area contributed by atoms with E-state index in [1.165, 1.54) is 22.3 Å². The van der Waals surface area contributed by atoms with E-state index in [9.17, 15) is 0 Å². The quantitative estimate of drug-likeness (QED) is 0.336. The van der Waals surface area contributed by atoms with Crippen LogP contribution in [0.15, 0.2) is 84.9 Å². The highest BCUT2D eigenvalue weighted by atomic mass is 16.5. The van der Waals surface area contributed by atoms with Gasteiger partial charge in [0, 0.05) is 46.7 Å². The molecule has 0 atom stereocenters. The SMILES string of the molecule is C#Cc1cccc(N2COc3ccc(Cc4ccc5c(c4)CN(c4cccc(C#C)c4)CO5)cc3C2)c1. The molecule has 0 fully saturated rings. The van der Waals surface area contributed by atoms with Gasteiger partial charge in [0.2, 0.25) is 0 Å². The van der Waals surface area contributed by atoms with Crippen molar-refractivity contribution in [2.75, 3.05) is 23.3 Å². The van der Waals surface area contributed by atoms with Crippen molar-refractivity contribution in [2.45, 2.75) is 19.5 Å². The molecule has 2 heterocycles.